The van der Waals surface area contributed by atoms with Crippen LogP contribution in [0.1, 0.15) is 31.7 Å². The number of nitrogens with one attached hydrogen (secondary N) is 1. The SMILES string of the molecule is CCOc1cc(N2CCOCC2)c(OCC)cc1NC(=O)C1CC1c1cnn(C)c1. The smallest absolute Gasteiger partial charge is 0.228 e. The topological polar surface area (TPSA) is 77.8 Å². The molecule has 162 valence electrons. The van der Waals surface area contributed by atoms with Crippen LogP contribution >= 0.6 is 0 Å². The monoisotopic (exact) mass is 414 g/mol. The van der Waals surface area contributed by atoms with E-state index in [9.17, 15) is 4.79 Å². The number of nitrogens with zero attached hydrogens (tertiary/aromatic N) is 3. The molecule has 0 bridgehead atoms. The number of carbonyl (C=O) groups excluding carboxylic acids is 1. The van der Waals surface area contributed by atoms with Crippen LogP contribution in [0.15, 0.2) is 24.5 Å². The Morgan fingerprint density at radius 3 is 2.60 bits per heavy atom. The summed E-state index contributed by atoms with van der Waals surface area (Å²) in [6.45, 7) is 7.93. The minimum absolute atomic E-state index is 0.00590. The van der Waals surface area contributed by atoms with Crippen molar-refractivity contribution in [3.05, 3.63) is 30.1 Å². The molecule has 2 heterocycles. The zero-order chi connectivity index (χ0) is 21.1. The summed E-state index contributed by atoms with van der Waals surface area (Å²) in [4.78, 5) is 15.2. The molecule has 2 aliphatic rings. The minimum Gasteiger partial charge on any atom is -0.492 e. The number of ether oxygens (including phenoxy) is 3. The van der Waals surface area contributed by atoms with Gasteiger partial charge >= 0.3 is 0 Å². The Bertz CT molecular complexity index is 891. The van der Waals surface area contributed by atoms with Gasteiger partial charge in [-0.3, -0.25) is 9.48 Å². The van der Waals surface area contributed by atoms with E-state index in [2.05, 4.69) is 15.3 Å². The maximum absolute atomic E-state index is 12.9. The van der Waals surface area contributed by atoms with Crippen molar-refractivity contribution in [2.24, 2.45) is 13.0 Å². The van der Waals surface area contributed by atoms with E-state index in [0.29, 0.717) is 37.9 Å². The lowest BCUT2D eigenvalue weighted by Crippen LogP contribution is -2.36. The first-order valence-electron chi connectivity index (χ1n) is 10.7. The van der Waals surface area contributed by atoms with Gasteiger partial charge in [-0.1, -0.05) is 0 Å². The molecule has 0 radical (unpaired) electrons. The van der Waals surface area contributed by atoms with Crippen LogP contribution in [-0.2, 0) is 16.6 Å². The molecule has 1 amide bonds. The van der Waals surface area contributed by atoms with Gasteiger partial charge in [-0.15, -0.1) is 0 Å². The summed E-state index contributed by atoms with van der Waals surface area (Å²) in [5.41, 5.74) is 2.74. The second-order valence-electron chi connectivity index (χ2n) is 7.67. The summed E-state index contributed by atoms with van der Waals surface area (Å²) >= 11 is 0. The third-order valence-electron chi connectivity index (χ3n) is 5.55. The molecule has 1 aromatic heterocycles. The molecule has 8 heteroatoms. The standard InChI is InChI=1S/C22H30N4O4/c1-4-29-20-12-19(26-6-8-28-9-7-26)21(30-5-2)11-18(20)24-22(27)17-10-16(17)15-13-23-25(3)14-15/h11-14,16-17H,4-10H2,1-3H3,(H,24,27). The van der Waals surface area contributed by atoms with E-state index in [1.54, 1.807) is 4.68 Å². The van der Waals surface area contributed by atoms with Gasteiger partial charge < -0.3 is 24.4 Å². The van der Waals surface area contributed by atoms with Crippen molar-refractivity contribution in [3.8, 4) is 11.5 Å². The molecule has 1 saturated carbocycles. The van der Waals surface area contributed by atoms with Crippen LogP contribution in [0.2, 0.25) is 0 Å². The summed E-state index contributed by atoms with van der Waals surface area (Å²) in [6.07, 6.45) is 4.66. The number of hydrogen-bond acceptors (Lipinski definition) is 6. The Morgan fingerprint density at radius 1 is 1.20 bits per heavy atom. The van der Waals surface area contributed by atoms with Crippen LogP contribution in [0.25, 0.3) is 0 Å². The Balaban J connectivity index is 1.55. The number of aryl methyl sites for hydroxylation is 1. The van der Waals surface area contributed by atoms with Crippen LogP contribution in [0, 0.1) is 5.92 Å². The Morgan fingerprint density at radius 2 is 1.93 bits per heavy atom. The molecule has 2 fully saturated rings. The minimum atomic E-state index is -0.0434. The fourth-order valence-electron chi connectivity index (χ4n) is 3.95. The van der Waals surface area contributed by atoms with Crippen LogP contribution < -0.4 is 19.7 Å². The van der Waals surface area contributed by atoms with Gasteiger partial charge in [0.05, 0.1) is 44.0 Å². The van der Waals surface area contributed by atoms with Crippen LogP contribution in [0.4, 0.5) is 11.4 Å². The third kappa shape index (κ3) is 4.38. The molecule has 1 saturated heterocycles. The lowest BCUT2D eigenvalue weighted by molar-refractivity contribution is -0.117. The van der Waals surface area contributed by atoms with E-state index >= 15 is 0 Å². The average molecular weight is 415 g/mol. The fraction of sp³-hybridized carbons (Fsp3) is 0.545. The molecule has 1 aliphatic heterocycles. The molecule has 1 aliphatic carbocycles. The van der Waals surface area contributed by atoms with Gasteiger partial charge in [-0.05, 0) is 31.7 Å². The third-order valence-corrected chi connectivity index (χ3v) is 5.55. The maximum atomic E-state index is 12.9. The molecule has 2 atom stereocenters. The zero-order valence-corrected chi connectivity index (χ0v) is 17.9. The highest BCUT2D eigenvalue weighted by Gasteiger charge is 2.44. The number of hydrogen-bond donors (Lipinski definition) is 1. The molecule has 2 unspecified atom stereocenters. The summed E-state index contributed by atoms with van der Waals surface area (Å²) in [7, 11) is 1.89. The Labute approximate surface area is 177 Å². The fourth-order valence-corrected chi connectivity index (χ4v) is 3.95. The summed E-state index contributed by atoms with van der Waals surface area (Å²) in [5.74, 6) is 1.60. The first kappa shape index (κ1) is 20.5. The van der Waals surface area contributed by atoms with Gasteiger partial charge in [0.2, 0.25) is 5.91 Å². The van der Waals surface area contributed by atoms with Crippen molar-refractivity contribution in [1.82, 2.24) is 9.78 Å². The van der Waals surface area contributed by atoms with E-state index in [-0.39, 0.29) is 17.7 Å². The van der Waals surface area contributed by atoms with Crippen LogP contribution in [0.3, 0.4) is 0 Å². The first-order valence-corrected chi connectivity index (χ1v) is 10.7. The second-order valence-corrected chi connectivity index (χ2v) is 7.67. The van der Waals surface area contributed by atoms with E-state index < -0.39 is 0 Å². The van der Waals surface area contributed by atoms with Crippen molar-refractivity contribution >= 4 is 17.3 Å². The number of aromatic nitrogens is 2. The molecule has 8 nitrogen and oxygen atoms in total. The number of anilines is 2. The van der Waals surface area contributed by atoms with Crippen molar-refractivity contribution < 1.29 is 19.0 Å². The van der Waals surface area contributed by atoms with Crippen molar-refractivity contribution in [2.75, 3.05) is 49.7 Å². The molecule has 2 aromatic rings. The lowest BCUT2D eigenvalue weighted by Gasteiger charge is -2.31. The zero-order valence-electron chi connectivity index (χ0n) is 17.9. The first-order chi connectivity index (χ1) is 14.6. The second kappa shape index (κ2) is 8.95. The summed E-state index contributed by atoms with van der Waals surface area (Å²) < 4.78 is 19.0. The van der Waals surface area contributed by atoms with Crippen LogP contribution in [0.5, 0.6) is 11.5 Å². The van der Waals surface area contributed by atoms with Gasteiger partial charge in [0.1, 0.15) is 11.5 Å². The summed E-state index contributed by atoms with van der Waals surface area (Å²) in [5, 5.41) is 7.29. The molecule has 4 rings (SSSR count). The van der Waals surface area contributed by atoms with E-state index in [4.69, 9.17) is 14.2 Å². The highest BCUT2D eigenvalue weighted by Crippen LogP contribution is 2.48. The number of benzene rings is 1. The van der Waals surface area contributed by atoms with Crippen molar-refractivity contribution in [1.29, 1.82) is 0 Å². The van der Waals surface area contributed by atoms with E-state index in [1.165, 1.54) is 0 Å². The van der Waals surface area contributed by atoms with Crippen LogP contribution in [-0.4, -0.2) is 55.2 Å². The highest BCUT2D eigenvalue weighted by molar-refractivity contribution is 5.97. The predicted molar refractivity (Wildman–Crippen MR) is 114 cm³/mol. The normalized spacial score (nSPS) is 20.7. The summed E-state index contributed by atoms with van der Waals surface area (Å²) in [6, 6.07) is 3.86. The molecular formula is C22H30N4O4. The average Bonchev–Trinajstić information content (AvgIpc) is 3.44. The lowest BCUT2D eigenvalue weighted by atomic mass is 10.1. The molecule has 30 heavy (non-hydrogen) atoms. The van der Waals surface area contributed by atoms with E-state index in [0.717, 1.165) is 36.5 Å². The number of amides is 1. The van der Waals surface area contributed by atoms with Crippen molar-refractivity contribution in [3.63, 3.8) is 0 Å². The number of carbonyl (C=O) groups is 1. The molecular weight excluding hydrogens is 384 g/mol. The molecule has 0 spiro atoms. The Hall–Kier alpha value is -2.74. The van der Waals surface area contributed by atoms with Gasteiger partial charge in [0.15, 0.2) is 0 Å². The van der Waals surface area contributed by atoms with Gasteiger partial charge in [0, 0.05) is 44.4 Å². The number of morpholine rings is 1. The molecule has 1 aromatic carbocycles. The van der Waals surface area contributed by atoms with Gasteiger partial charge in [-0.2, -0.15) is 5.10 Å². The number of rotatable bonds is 8. The largest absolute Gasteiger partial charge is 0.492 e. The highest BCUT2D eigenvalue weighted by atomic mass is 16.5. The van der Waals surface area contributed by atoms with Crippen molar-refractivity contribution in [2.45, 2.75) is 26.2 Å². The van der Waals surface area contributed by atoms with Gasteiger partial charge in [0.25, 0.3) is 0 Å². The van der Waals surface area contributed by atoms with Gasteiger partial charge in [-0.25, -0.2) is 0 Å². The quantitative estimate of drug-likeness (QED) is 0.716. The predicted octanol–water partition coefficient (Wildman–Crippen LogP) is 2.80. The van der Waals surface area contributed by atoms with E-state index in [1.807, 2.05) is 45.4 Å². The Kier molecular flexibility index (Phi) is 6.13. The molecule has 1 N–H and O–H groups in total. The maximum Gasteiger partial charge on any atom is 0.228 e.